The average Bonchev–Trinajstić information content (AvgIpc) is 2.90. The molecule has 0 radical (unpaired) electrons. The van der Waals surface area contributed by atoms with Gasteiger partial charge in [-0.3, -0.25) is 9.69 Å². The summed E-state index contributed by atoms with van der Waals surface area (Å²) in [6.45, 7) is 3.84. The molecule has 1 saturated heterocycles. The summed E-state index contributed by atoms with van der Waals surface area (Å²) in [4.78, 5) is 15.8. The quantitative estimate of drug-likeness (QED) is 0.456. The number of piperidine rings is 1. The molecule has 1 heterocycles. The van der Waals surface area contributed by atoms with Crippen LogP contribution in [0.15, 0.2) is 60.7 Å². The van der Waals surface area contributed by atoms with Crippen LogP contribution in [-0.2, 0) is 11.3 Å². The first-order valence-corrected chi connectivity index (χ1v) is 12.0. The molecule has 4 rings (SSSR count). The second-order valence-electron chi connectivity index (χ2n) is 9.24. The molecule has 0 aliphatic carbocycles. The number of halogens is 1. The van der Waals surface area contributed by atoms with Crippen LogP contribution in [0.2, 0.25) is 0 Å². The van der Waals surface area contributed by atoms with Crippen LogP contribution in [0.4, 0.5) is 10.1 Å². The number of hydrogen-bond donors (Lipinski definition) is 1. The largest absolute Gasteiger partial charge is 0.497 e. The molecule has 2 atom stereocenters. The summed E-state index contributed by atoms with van der Waals surface area (Å²) in [5.41, 5.74) is 3.37. The van der Waals surface area contributed by atoms with Crippen LogP contribution in [-0.4, -0.2) is 45.2 Å². The van der Waals surface area contributed by atoms with Crippen molar-refractivity contribution in [2.75, 3.05) is 39.7 Å². The topological polar surface area (TPSA) is 60.0 Å². The number of hydrogen-bond acceptors (Lipinski definition) is 5. The Morgan fingerprint density at radius 1 is 0.972 bits per heavy atom. The van der Waals surface area contributed by atoms with Gasteiger partial charge >= 0.3 is 0 Å². The highest BCUT2D eigenvalue weighted by molar-refractivity contribution is 5.94. The highest BCUT2D eigenvalue weighted by Crippen LogP contribution is 2.34. The summed E-state index contributed by atoms with van der Waals surface area (Å²) in [5.74, 6) is 1.54. The first-order chi connectivity index (χ1) is 17.4. The van der Waals surface area contributed by atoms with Crippen LogP contribution in [0.3, 0.4) is 0 Å². The first-order valence-electron chi connectivity index (χ1n) is 12.0. The van der Waals surface area contributed by atoms with Gasteiger partial charge in [0.05, 0.1) is 32.9 Å². The standard InChI is InChI=1S/C29H33FN2O4/c1-19-12-21(8-10-26(19)30)22-14-23(18-32(17-22)16-20-6-5-7-24(13-20)34-2)29(33)31-27-11-9-25(35-3)15-28(27)36-4/h5-13,15,22-23H,14,16-18H2,1-4H3,(H,31,33)/t22-,23+/m1/s1. The fraction of sp³-hybridized carbons (Fsp3) is 0.345. The molecule has 1 aliphatic heterocycles. The zero-order valence-corrected chi connectivity index (χ0v) is 21.2. The Morgan fingerprint density at radius 2 is 1.75 bits per heavy atom. The van der Waals surface area contributed by atoms with Crippen molar-refractivity contribution in [3.63, 3.8) is 0 Å². The molecule has 1 aliphatic rings. The number of nitrogens with one attached hydrogen (secondary N) is 1. The number of carbonyl (C=O) groups is 1. The minimum atomic E-state index is -0.258. The summed E-state index contributed by atoms with van der Waals surface area (Å²) < 4.78 is 30.1. The van der Waals surface area contributed by atoms with E-state index in [0.717, 1.165) is 23.4 Å². The van der Waals surface area contributed by atoms with Gasteiger partial charge in [-0.05, 0) is 66.3 Å². The van der Waals surface area contributed by atoms with Crippen molar-refractivity contribution in [2.24, 2.45) is 5.92 Å². The SMILES string of the molecule is COc1cccc(CN2C[C@@H](C(=O)Nc3ccc(OC)cc3OC)C[C@@H](c3ccc(F)c(C)c3)C2)c1. The summed E-state index contributed by atoms with van der Waals surface area (Å²) in [6.07, 6.45) is 0.671. The van der Waals surface area contributed by atoms with E-state index in [1.165, 1.54) is 6.07 Å². The zero-order valence-electron chi connectivity index (χ0n) is 21.2. The summed E-state index contributed by atoms with van der Waals surface area (Å²) in [7, 11) is 4.80. The predicted octanol–water partition coefficient (Wildman–Crippen LogP) is 5.40. The van der Waals surface area contributed by atoms with Crippen molar-refractivity contribution >= 4 is 11.6 Å². The molecule has 0 unspecified atom stereocenters. The fourth-order valence-corrected chi connectivity index (χ4v) is 4.84. The third-order valence-electron chi connectivity index (χ3n) is 6.76. The van der Waals surface area contributed by atoms with Gasteiger partial charge < -0.3 is 19.5 Å². The van der Waals surface area contributed by atoms with Gasteiger partial charge in [0, 0.05) is 25.7 Å². The van der Waals surface area contributed by atoms with E-state index in [0.29, 0.717) is 42.3 Å². The van der Waals surface area contributed by atoms with Gasteiger partial charge in [0.2, 0.25) is 5.91 Å². The Hall–Kier alpha value is -3.58. The van der Waals surface area contributed by atoms with Crippen LogP contribution in [0.5, 0.6) is 17.2 Å². The van der Waals surface area contributed by atoms with Crippen molar-refractivity contribution in [3.05, 3.63) is 83.2 Å². The van der Waals surface area contributed by atoms with Gasteiger partial charge in [0.1, 0.15) is 23.1 Å². The van der Waals surface area contributed by atoms with Crippen LogP contribution in [0.1, 0.15) is 29.0 Å². The molecule has 190 valence electrons. The Kier molecular flexibility index (Phi) is 8.10. The van der Waals surface area contributed by atoms with Crippen molar-refractivity contribution < 1.29 is 23.4 Å². The highest BCUT2D eigenvalue weighted by atomic mass is 19.1. The molecule has 1 fully saturated rings. The van der Waals surface area contributed by atoms with E-state index in [4.69, 9.17) is 14.2 Å². The van der Waals surface area contributed by atoms with Crippen LogP contribution >= 0.6 is 0 Å². The van der Waals surface area contributed by atoms with E-state index in [1.807, 2.05) is 30.3 Å². The second-order valence-corrected chi connectivity index (χ2v) is 9.24. The van der Waals surface area contributed by atoms with E-state index >= 15 is 0 Å². The van der Waals surface area contributed by atoms with E-state index in [2.05, 4.69) is 16.3 Å². The lowest BCUT2D eigenvalue weighted by Crippen LogP contribution is -2.43. The van der Waals surface area contributed by atoms with E-state index in [-0.39, 0.29) is 23.6 Å². The molecule has 0 aromatic heterocycles. The molecule has 7 heteroatoms. The molecule has 3 aromatic carbocycles. The monoisotopic (exact) mass is 492 g/mol. The van der Waals surface area contributed by atoms with Gasteiger partial charge in [-0.1, -0.05) is 24.3 Å². The Balaban J connectivity index is 1.58. The number of rotatable bonds is 8. The minimum absolute atomic E-state index is 0.0716. The smallest absolute Gasteiger partial charge is 0.228 e. The van der Waals surface area contributed by atoms with Gasteiger partial charge in [-0.2, -0.15) is 0 Å². The molecule has 1 amide bonds. The average molecular weight is 493 g/mol. The number of benzene rings is 3. The van der Waals surface area contributed by atoms with Gasteiger partial charge in [0.15, 0.2) is 0 Å². The third-order valence-corrected chi connectivity index (χ3v) is 6.76. The van der Waals surface area contributed by atoms with Crippen LogP contribution in [0, 0.1) is 18.7 Å². The highest BCUT2D eigenvalue weighted by Gasteiger charge is 2.33. The van der Waals surface area contributed by atoms with Crippen LogP contribution < -0.4 is 19.5 Å². The number of anilines is 1. The molecule has 0 spiro atoms. The maximum Gasteiger partial charge on any atom is 0.228 e. The first kappa shape index (κ1) is 25.5. The number of nitrogens with zero attached hydrogens (tertiary/aromatic N) is 1. The van der Waals surface area contributed by atoms with E-state index in [9.17, 15) is 9.18 Å². The maximum absolute atomic E-state index is 14.0. The Labute approximate surface area is 212 Å². The number of aryl methyl sites for hydroxylation is 1. The van der Waals surface area contributed by atoms with Crippen LogP contribution in [0.25, 0.3) is 0 Å². The Bertz CT molecular complexity index is 1220. The molecule has 3 aromatic rings. The van der Waals surface area contributed by atoms with E-state index < -0.39 is 0 Å². The summed E-state index contributed by atoms with van der Waals surface area (Å²) >= 11 is 0. The molecule has 6 nitrogen and oxygen atoms in total. The van der Waals surface area contributed by atoms with Gasteiger partial charge in [-0.15, -0.1) is 0 Å². The molecule has 0 bridgehead atoms. The number of methoxy groups -OCH3 is 3. The molecular formula is C29H33FN2O4. The number of likely N-dealkylation sites (tertiary alicyclic amines) is 1. The second kappa shape index (κ2) is 11.4. The number of amides is 1. The number of carbonyl (C=O) groups excluding carboxylic acids is 1. The predicted molar refractivity (Wildman–Crippen MR) is 138 cm³/mol. The fourth-order valence-electron chi connectivity index (χ4n) is 4.84. The number of ether oxygens (including phenoxy) is 3. The van der Waals surface area contributed by atoms with Crippen molar-refractivity contribution in [1.82, 2.24) is 4.90 Å². The normalized spacial score (nSPS) is 17.9. The molecule has 1 N–H and O–H groups in total. The molecule has 36 heavy (non-hydrogen) atoms. The van der Waals surface area contributed by atoms with E-state index in [1.54, 1.807) is 46.5 Å². The van der Waals surface area contributed by atoms with Crippen molar-refractivity contribution in [1.29, 1.82) is 0 Å². The summed E-state index contributed by atoms with van der Waals surface area (Å²) in [6, 6.07) is 18.5. The summed E-state index contributed by atoms with van der Waals surface area (Å²) in [5, 5.41) is 3.05. The van der Waals surface area contributed by atoms with Crippen molar-refractivity contribution in [3.8, 4) is 17.2 Å². The lowest BCUT2D eigenvalue weighted by atomic mass is 9.83. The molecular weight excluding hydrogens is 459 g/mol. The minimum Gasteiger partial charge on any atom is -0.497 e. The van der Waals surface area contributed by atoms with Gasteiger partial charge in [-0.25, -0.2) is 4.39 Å². The zero-order chi connectivity index (χ0) is 25.7. The lowest BCUT2D eigenvalue weighted by Gasteiger charge is -2.37. The third kappa shape index (κ3) is 5.97. The lowest BCUT2D eigenvalue weighted by molar-refractivity contribution is -0.121. The molecule has 0 saturated carbocycles. The Morgan fingerprint density at radius 3 is 2.47 bits per heavy atom. The van der Waals surface area contributed by atoms with Crippen molar-refractivity contribution in [2.45, 2.75) is 25.8 Å². The van der Waals surface area contributed by atoms with Gasteiger partial charge in [0.25, 0.3) is 0 Å². The maximum atomic E-state index is 14.0.